The first-order valence-corrected chi connectivity index (χ1v) is 17.0. The van der Waals surface area contributed by atoms with Gasteiger partial charge in [0.25, 0.3) is 0 Å². The molecule has 6 N–H and O–H groups in total. The lowest BCUT2D eigenvalue weighted by molar-refractivity contribution is -0.193. The first-order valence-electron chi connectivity index (χ1n) is 17.0. The summed E-state index contributed by atoms with van der Waals surface area (Å²) < 4.78 is 5.86. The van der Waals surface area contributed by atoms with Crippen LogP contribution in [0.1, 0.15) is 127 Å². The van der Waals surface area contributed by atoms with Gasteiger partial charge in [-0.25, -0.2) is 0 Å². The monoisotopic (exact) mass is 636 g/mol. The predicted molar refractivity (Wildman–Crippen MR) is 170 cm³/mol. The van der Waals surface area contributed by atoms with E-state index in [9.17, 15) is 35.1 Å². The predicted octanol–water partition coefficient (Wildman–Crippen LogP) is 4.75. The Labute approximate surface area is 269 Å². The number of rotatable bonds is 10. The van der Waals surface area contributed by atoms with E-state index in [4.69, 9.17) is 9.84 Å². The molecule has 0 spiro atoms. The van der Waals surface area contributed by atoms with Gasteiger partial charge in [0.05, 0.1) is 42.4 Å². The summed E-state index contributed by atoms with van der Waals surface area (Å²) in [5.41, 5.74) is -1.91. The van der Waals surface area contributed by atoms with E-state index in [0.717, 1.165) is 32.1 Å². The molecule has 45 heavy (non-hydrogen) atoms. The molecule has 2 fully saturated rings. The van der Waals surface area contributed by atoms with Gasteiger partial charge in [0.2, 0.25) is 0 Å². The van der Waals surface area contributed by atoms with Crippen LogP contribution in [0.5, 0.6) is 0 Å². The molecule has 9 nitrogen and oxygen atoms in total. The van der Waals surface area contributed by atoms with Crippen molar-refractivity contribution in [3.05, 3.63) is 11.1 Å². The van der Waals surface area contributed by atoms with E-state index in [0.29, 0.717) is 19.3 Å². The van der Waals surface area contributed by atoms with E-state index < -0.39 is 71.2 Å². The first kappa shape index (κ1) is 36.3. The summed E-state index contributed by atoms with van der Waals surface area (Å²) in [4.78, 5) is 24.2. The minimum atomic E-state index is -1.76. The summed E-state index contributed by atoms with van der Waals surface area (Å²) in [5, 5.41) is 64.0. The van der Waals surface area contributed by atoms with Crippen LogP contribution in [0.3, 0.4) is 0 Å². The summed E-state index contributed by atoms with van der Waals surface area (Å²) >= 11 is 0. The minimum Gasteiger partial charge on any atom is -0.481 e. The molecule has 0 amide bonds. The molecule has 258 valence electrons. The van der Waals surface area contributed by atoms with Crippen LogP contribution < -0.4 is 0 Å². The highest BCUT2D eigenvalue weighted by atomic mass is 16.6. The fraction of sp³-hybridized carbons (Fsp3) is 0.889. The Morgan fingerprint density at radius 3 is 2.18 bits per heavy atom. The van der Waals surface area contributed by atoms with Gasteiger partial charge in [-0.15, -0.1) is 0 Å². The van der Waals surface area contributed by atoms with Gasteiger partial charge in [-0.2, -0.15) is 0 Å². The van der Waals surface area contributed by atoms with Crippen molar-refractivity contribution in [1.29, 1.82) is 0 Å². The number of aliphatic hydroxyl groups is 5. The van der Waals surface area contributed by atoms with E-state index in [-0.39, 0.29) is 28.6 Å². The lowest BCUT2D eigenvalue weighted by Gasteiger charge is -2.64. The number of aliphatic hydroxyl groups excluding tert-OH is 3. The maximum atomic E-state index is 13.0. The van der Waals surface area contributed by atoms with E-state index in [2.05, 4.69) is 27.7 Å². The van der Waals surface area contributed by atoms with Gasteiger partial charge in [-0.3, -0.25) is 9.59 Å². The van der Waals surface area contributed by atoms with E-state index >= 15 is 0 Å². The van der Waals surface area contributed by atoms with Crippen LogP contribution >= 0.6 is 0 Å². The summed E-state index contributed by atoms with van der Waals surface area (Å²) in [6, 6.07) is 0. The molecule has 0 aromatic heterocycles. The molecule has 4 aliphatic rings. The highest BCUT2D eigenvalue weighted by Crippen LogP contribution is 2.72. The fourth-order valence-electron chi connectivity index (χ4n) is 10.7. The number of ether oxygens (including phenoxy) is 1. The number of hydrogen-bond acceptors (Lipinski definition) is 8. The Balaban J connectivity index is 1.64. The van der Waals surface area contributed by atoms with Crippen LogP contribution in [0.2, 0.25) is 0 Å². The van der Waals surface area contributed by atoms with Gasteiger partial charge in [0.1, 0.15) is 6.10 Å². The van der Waals surface area contributed by atoms with E-state index in [1.807, 2.05) is 13.8 Å². The Hall–Kier alpha value is -1.52. The molecule has 11 atom stereocenters. The quantitative estimate of drug-likeness (QED) is 0.147. The summed E-state index contributed by atoms with van der Waals surface area (Å²) in [6.07, 6.45) is 1.63. The molecule has 4 rings (SSSR count). The van der Waals surface area contributed by atoms with Crippen molar-refractivity contribution >= 4 is 11.9 Å². The molecular weight excluding hydrogens is 576 g/mol. The van der Waals surface area contributed by atoms with Crippen molar-refractivity contribution < 1.29 is 45.0 Å². The van der Waals surface area contributed by atoms with E-state index in [1.54, 1.807) is 13.8 Å². The number of aliphatic carboxylic acids is 1. The molecular formula is C36H60O9. The maximum absolute atomic E-state index is 13.0. The average molecular weight is 637 g/mol. The van der Waals surface area contributed by atoms with Crippen LogP contribution in [-0.4, -0.2) is 78.2 Å². The average Bonchev–Trinajstić information content (AvgIpc) is 3.17. The van der Waals surface area contributed by atoms with Crippen molar-refractivity contribution in [2.45, 2.75) is 162 Å². The normalized spacial score (nSPS) is 40.4. The topological polar surface area (TPSA) is 165 Å². The molecule has 0 aromatic rings. The van der Waals surface area contributed by atoms with Crippen LogP contribution in [0.4, 0.5) is 0 Å². The number of carboxylic acids is 1. The molecule has 0 heterocycles. The number of carbonyl (C=O) groups excluding carboxylic acids is 1. The molecule has 0 aliphatic heterocycles. The second kappa shape index (κ2) is 11.9. The zero-order chi connectivity index (χ0) is 34.1. The summed E-state index contributed by atoms with van der Waals surface area (Å²) in [5.74, 6) is -1.34. The highest BCUT2D eigenvalue weighted by molar-refractivity contribution is 5.74. The van der Waals surface area contributed by atoms with Crippen molar-refractivity contribution in [2.24, 2.45) is 39.4 Å². The second-order valence-electron chi connectivity index (χ2n) is 17.4. The Morgan fingerprint density at radius 1 is 0.978 bits per heavy atom. The van der Waals surface area contributed by atoms with Crippen LogP contribution in [0.15, 0.2) is 11.1 Å². The highest BCUT2D eigenvalue weighted by Gasteiger charge is 2.67. The number of allylic oxidation sites excluding steroid dienone is 1. The van der Waals surface area contributed by atoms with Crippen LogP contribution in [0.25, 0.3) is 0 Å². The second-order valence-corrected chi connectivity index (χ2v) is 17.4. The molecule has 0 saturated heterocycles. The molecule has 2 saturated carbocycles. The molecule has 4 aliphatic carbocycles. The summed E-state index contributed by atoms with van der Waals surface area (Å²) in [7, 11) is 0. The van der Waals surface area contributed by atoms with Gasteiger partial charge in [0.15, 0.2) is 0 Å². The van der Waals surface area contributed by atoms with E-state index in [1.165, 1.54) is 18.1 Å². The third-order valence-electron chi connectivity index (χ3n) is 13.6. The van der Waals surface area contributed by atoms with Gasteiger partial charge < -0.3 is 35.4 Å². The maximum Gasteiger partial charge on any atom is 0.309 e. The minimum absolute atomic E-state index is 0.100. The van der Waals surface area contributed by atoms with Crippen molar-refractivity contribution in [3.8, 4) is 0 Å². The summed E-state index contributed by atoms with van der Waals surface area (Å²) in [6.45, 7) is 17.6. The van der Waals surface area contributed by atoms with Crippen molar-refractivity contribution in [1.82, 2.24) is 0 Å². The Kier molecular flexibility index (Phi) is 9.58. The largest absolute Gasteiger partial charge is 0.481 e. The number of carbonyl (C=O) groups is 2. The molecule has 0 radical (unpaired) electrons. The third kappa shape index (κ3) is 6.14. The van der Waals surface area contributed by atoms with Gasteiger partial charge in [0, 0.05) is 5.41 Å². The van der Waals surface area contributed by atoms with Crippen LogP contribution in [0, 0.1) is 39.4 Å². The van der Waals surface area contributed by atoms with Gasteiger partial charge in [-0.05, 0) is 106 Å². The van der Waals surface area contributed by atoms with Crippen LogP contribution in [-0.2, 0) is 14.3 Å². The standard InChI is InChI=1S/C36H60O9/c1-20(10-13-26(37)32(4,5)43)21-14-15-35(8)22-11-12-25-31(2,3)30(42)24(45-29(41)19-33(6,44)18-28(39)40)17-34(25,7)23(22)16-27(38)36(21,35)9/h20-21,24-27,30,37-38,42-44H,10-19H2,1-9H3,(H,39,40)/t20-,21+,24+,25+,26-,27-,30+,33-,34-,35+,36+/m1/s1. The number of fused-ring (bicyclic) bond motifs is 4. The SMILES string of the molecule is C[C@H](CC[C@@H](O)C(C)(C)O)[C@@H]1CC[C@@]2(C)C3=C(C[C@@H](O)[C@]12C)[C@@]1(C)C[C@H](OC(=O)C[C@](C)(O)CC(=O)O)[C@H](O)C(C)(C)[C@@H]1CC3. The molecule has 0 aromatic carbocycles. The van der Waals surface area contributed by atoms with Crippen molar-refractivity contribution in [3.63, 3.8) is 0 Å². The number of esters is 1. The fourth-order valence-corrected chi connectivity index (χ4v) is 10.7. The molecule has 0 bridgehead atoms. The Bertz CT molecular complexity index is 1180. The number of carboxylic acid groups (broad SMARTS) is 1. The smallest absolute Gasteiger partial charge is 0.309 e. The number of hydrogen-bond donors (Lipinski definition) is 6. The third-order valence-corrected chi connectivity index (χ3v) is 13.6. The molecule has 0 unspecified atom stereocenters. The lowest BCUT2D eigenvalue weighted by Crippen LogP contribution is -2.62. The van der Waals surface area contributed by atoms with Gasteiger partial charge in [-0.1, -0.05) is 52.7 Å². The zero-order valence-corrected chi connectivity index (χ0v) is 29.0. The first-order chi connectivity index (χ1) is 20.4. The lowest BCUT2D eigenvalue weighted by atomic mass is 9.42. The zero-order valence-electron chi connectivity index (χ0n) is 29.0. The van der Waals surface area contributed by atoms with Gasteiger partial charge >= 0.3 is 11.9 Å². The Morgan fingerprint density at radius 2 is 1.60 bits per heavy atom. The van der Waals surface area contributed by atoms with Crippen molar-refractivity contribution in [2.75, 3.05) is 0 Å². The molecule has 9 heteroatoms.